The number of aliphatic hydroxyl groups excluding tert-OH is 1. The van der Waals surface area contributed by atoms with Gasteiger partial charge in [0.1, 0.15) is 0 Å². The molecule has 2 aromatic carbocycles. The van der Waals surface area contributed by atoms with Gasteiger partial charge in [-0.2, -0.15) is 0 Å². The molecule has 0 radical (unpaired) electrons. The van der Waals surface area contributed by atoms with E-state index in [1.807, 2.05) is 49.1 Å². The van der Waals surface area contributed by atoms with Gasteiger partial charge in [-0.15, -0.1) is 11.8 Å². The Labute approximate surface area is 279 Å². The average molecular weight is 662 g/mol. The number of piperazine rings is 1. The molecule has 3 aliphatic rings. The monoisotopic (exact) mass is 661 g/mol. The van der Waals surface area contributed by atoms with Crippen LogP contribution in [-0.4, -0.2) is 76.4 Å². The minimum Gasteiger partial charge on any atom is -0.396 e. The molecule has 3 aromatic rings. The number of aliphatic hydroxyl groups is 1. The van der Waals surface area contributed by atoms with Crippen molar-refractivity contribution < 1.29 is 19.5 Å². The van der Waals surface area contributed by atoms with Gasteiger partial charge < -0.3 is 20.2 Å². The molecular formula is C35H43N5O4S2. The highest BCUT2D eigenvalue weighted by Crippen LogP contribution is 2.48. The van der Waals surface area contributed by atoms with E-state index in [0.717, 1.165) is 33.0 Å². The number of carbonyl (C=O) groups excluding carboxylic acids is 3. The lowest BCUT2D eigenvalue weighted by Gasteiger charge is -2.34. The van der Waals surface area contributed by atoms with E-state index in [-0.39, 0.29) is 24.3 Å². The minimum absolute atomic E-state index is 0.0127. The van der Waals surface area contributed by atoms with Crippen molar-refractivity contribution in [2.75, 3.05) is 38.1 Å². The molecule has 2 bridgehead atoms. The predicted molar refractivity (Wildman–Crippen MR) is 182 cm³/mol. The molecule has 2 heterocycles. The van der Waals surface area contributed by atoms with Crippen molar-refractivity contribution in [1.29, 1.82) is 0 Å². The Hall–Kier alpha value is -3.25. The third-order valence-corrected chi connectivity index (χ3v) is 12.3. The lowest BCUT2D eigenvalue weighted by Crippen LogP contribution is -2.50. The highest BCUT2D eigenvalue weighted by molar-refractivity contribution is 8.00. The number of thioether (sulfide) groups is 1. The Kier molecular flexibility index (Phi) is 10.1. The molecule has 6 rings (SSSR count). The summed E-state index contributed by atoms with van der Waals surface area (Å²) in [7, 11) is 0. The number of thiazole rings is 1. The van der Waals surface area contributed by atoms with Gasteiger partial charge in [0.2, 0.25) is 5.91 Å². The summed E-state index contributed by atoms with van der Waals surface area (Å²) < 4.78 is 0.977. The second-order valence-electron chi connectivity index (χ2n) is 12.9. The van der Waals surface area contributed by atoms with Crippen LogP contribution in [0.1, 0.15) is 69.2 Å². The first kappa shape index (κ1) is 32.7. The van der Waals surface area contributed by atoms with Crippen LogP contribution in [0.2, 0.25) is 0 Å². The van der Waals surface area contributed by atoms with Crippen LogP contribution >= 0.6 is 23.1 Å². The molecule has 46 heavy (non-hydrogen) atoms. The summed E-state index contributed by atoms with van der Waals surface area (Å²) in [5.41, 5.74) is 5.52. The molecule has 244 valence electrons. The number of aryl methyl sites for hydroxylation is 1. The normalized spacial score (nSPS) is 22.3. The Bertz CT molecular complexity index is 1580. The highest BCUT2D eigenvalue weighted by Gasteiger charge is 2.46. The zero-order chi connectivity index (χ0) is 32.4. The smallest absolute Gasteiger partial charge is 0.257 e. The van der Waals surface area contributed by atoms with Gasteiger partial charge in [-0.1, -0.05) is 29.5 Å². The number of nitrogens with one attached hydrogen (secondary N) is 2. The van der Waals surface area contributed by atoms with E-state index in [4.69, 9.17) is 0 Å². The standard InChI is InChI=1S/C35H43N5O4S2/c1-21-14-25(15-29(22(21)2)34(44)40-12-10-39(11-13-40)23(3)42)20-45-31-18-37-35(46-31)38-33(43)26-6-4-24(5-7-26)17-36-32-28-9-8-27(16-28)30(32)19-41/h4-7,14-15,18,27-28,30,32,36,41H,8-13,16-17,19-20H2,1-3H3,(H,37,38,43)/t27?,28?,30-,32+/m1/s1. The summed E-state index contributed by atoms with van der Waals surface area (Å²) in [6.07, 6.45) is 5.51. The molecule has 0 spiro atoms. The molecule has 2 unspecified atom stereocenters. The molecule has 4 atom stereocenters. The number of rotatable bonds is 10. The van der Waals surface area contributed by atoms with Crippen molar-refractivity contribution in [3.63, 3.8) is 0 Å². The second kappa shape index (κ2) is 14.3. The molecule has 2 saturated carbocycles. The number of hydrogen-bond donors (Lipinski definition) is 3. The molecule has 3 N–H and O–H groups in total. The van der Waals surface area contributed by atoms with Crippen molar-refractivity contribution in [2.24, 2.45) is 17.8 Å². The molecular weight excluding hydrogens is 619 g/mol. The predicted octanol–water partition coefficient (Wildman–Crippen LogP) is 5.11. The summed E-state index contributed by atoms with van der Waals surface area (Å²) in [6, 6.07) is 12.2. The van der Waals surface area contributed by atoms with Crippen LogP contribution in [0.15, 0.2) is 46.8 Å². The third-order valence-electron chi connectivity index (χ3n) is 10.1. The van der Waals surface area contributed by atoms with Crippen LogP contribution < -0.4 is 10.6 Å². The third kappa shape index (κ3) is 7.17. The Morgan fingerprint density at radius 1 is 1.00 bits per heavy atom. The molecule has 1 saturated heterocycles. The summed E-state index contributed by atoms with van der Waals surface area (Å²) in [4.78, 5) is 46.1. The summed E-state index contributed by atoms with van der Waals surface area (Å²) in [5.74, 6) is 2.23. The number of amides is 3. The summed E-state index contributed by atoms with van der Waals surface area (Å²) >= 11 is 3.06. The van der Waals surface area contributed by atoms with E-state index >= 15 is 0 Å². The number of carbonyl (C=O) groups is 3. The van der Waals surface area contributed by atoms with Crippen molar-refractivity contribution in [2.45, 2.75) is 62.6 Å². The number of anilines is 1. The number of fused-ring (bicyclic) bond motifs is 2. The van der Waals surface area contributed by atoms with E-state index in [1.54, 1.807) is 29.8 Å². The molecule has 11 heteroatoms. The number of hydrogen-bond acceptors (Lipinski definition) is 8. The molecule has 1 aliphatic heterocycles. The first-order valence-corrected chi connectivity index (χ1v) is 18.0. The van der Waals surface area contributed by atoms with Gasteiger partial charge in [0.05, 0.1) is 10.4 Å². The van der Waals surface area contributed by atoms with Gasteiger partial charge in [-0.3, -0.25) is 19.7 Å². The fourth-order valence-electron chi connectivity index (χ4n) is 7.34. The molecule has 2 aliphatic carbocycles. The van der Waals surface area contributed by atoms with E-state index in [0.29, 0.717) is 72.0 Å². The summed E-state index contributed by atoms with van der Waals surface area (Å²) in [6.45, 7) is 8.78. The number of aromatic nitrogens is 1. The SMILES string of the molecule is CC(=O)N1CCN(C(=O)c2cc(CSc3cnc(NC(=O)c4ccc(CN[C@H]5C6CCC(C6)[C@H]5CO)cc4)s3)cc(C)c2C)CC1. The first-order valence-electron chi connectivity index (χ1n) is 16.2. The van der Waals surface area contributed by atoms with Crippen LogP contribution in [0.3, 0.4) is 0 Å². The van der Waals surface area contributed by atoms with Crippen LogP contribution in [0.5, 0.6) is 0 Å². The van der Waals surface area contributed by atoms with Crippen molar-refractivity contribution in [3.05, 3.63) is 76.0 Å². The quantitative estimate of drug-likeness (QED) is 0.259. The maximum atomic E-state index is 13.4. The maximum Gasteiger partial charge on any atom is 0.257 e. The van der Waals surface area contributed by atoms with Crippen LogP contribution in [0, 0.1) is 31.6 Å². The van der Waals surface area contributed by atoms with Crippen LogP contribution in [0.25, 0.3) is 0 Å². The fraction of sp³-hybridized carbons (Fsp3) is 0.486. The topological polar surface area (TPSA) is 115 Å². The van der Waals surface area contributed by atoms with Gasteiger partial charge in [0.25, 0.3) is 11.8 Å². The van der Waals surface area contributed by atoms with Crippen molar-refractivity contribution >= 4 is 46.0 Å². The van der Waals surface area contributed by atoms with E-state index in [9.17, 15) is 19.5 Å². The van der Waals surface area contributed by atoms with E-state index in [1.165, 1.54) is 30.6 Å². The number of benzene rings is 2. The van der Waals surface area contributed by atoms with Crippen LogP contribution in [0.4, 0.5) is 5.13 Å². The van der Waals surface area contributed by atoms with Crippen molar-refractivity contribution in [1.82, 2.24) is 20.1 Å². The van der Waals surface area contributed by atoms with Crippen LogP contribution in [-0.2, 0) is 17.1 Å². The summed E-state index contributed by atoms with van der Waals surface area (Å²) in [5, 5.41) is 17.0. The number of nitrogens with zero attached hydrogens (tertiary/aromatic N) is 3. The zero-order valence-corrected chi connectivity index (χ0v) is 28.4. The molecule has 3 amide bonds. The minimum atomic E-state index is -0.194. The van der Waals surface area contributed by atoms with Crippen molar-refractivity contribution in [3.8, 4) is 0 Å². The van der Waals surface area contributed by atoms with Gasteiger partial charge >= 0.3 is 0 Å². The molecule has 9 nitrogen and oxygen atoms in total. The van der Waals surface area contributed by atoms with E-state index < -0.39 is 0 Å². The largest absolute Gasteiger partial charge is 0.396 e. The zero-order valence-electron chi connectivity index (χ0n) is 26.8. The van der Waals surface area contributed by atoms with Gasteiger partial charge in [-0.05, 0) is 85.4 Å². The lowest BCUT2D eigenvalue weighted by atomic mass is 9.85. The Morgan fingerprint density at radius 2 is 1.72 bits per heavy atom. The Balaban J connectivity index is 1.00. The van der Waals surface area contributed by atoms with E-state index in [2.05, 4.69) is 21.7 Å². The van der Waals surface area contributed by atoms with Gasteiger partial charge in [0, 0.05) is 75.1 Å². The average Bonchev–Trinajstić information content (AvgIpc) is 3.81. The highest BCUT2D eigenvalue weighted by atomic mass is 32.2. The maximum absolute atomic E-state index is 13.4. The first-order chi connectivity index (χ1) is 22.2. The lowest BCUT2D eigenvalue weighted by molar-refractivity contribution is -0.130. The van der Waals surface area contributed by atoms with Gasteiger partial charge in [-0.25, -0.2) is 4.98 Å². The Morgan fingerprint density at radius 3 is 2.43 bits per heavy atom. The molecule has 3 fully saturated rings. The fourth-order valence-corrected chi connectivity index (χ4v) is 9.14. The molecule has 1 aromatic heterocycles. The second-order valence-corrected chi connectivity index (χ2v) is 15.2. The van der Waals surface area contributed by atoms with Gasteiger partial charge in [0.15, 0.2) is 5.13 Å².